The van der Waals surface area contributed by atoms with Crippen molar-refractivity contribution in [2.24, 2.45) is 5.41 Å². The van der Waals surface area contributed by atoms with Crippen LogP contribution in [0.4, 0.5) is 0 Å². The highest BCUT2D eigenvalue weighted by molar-refractivity contribution is 4.99. The van der Waals surface area contributed by atoms with Gasteiger partial charge in [0, 0.05) is 12.1 Å². The molecule has 12 heavy (non-hydrogen) atoms. The van der Waals surface area contributed by atoms with Gasteiger partial charge in [-0.25, -0.2) is 0 Å². The van der Waals surface area contributed by atoms with Gasteiger partial charge in [0.25, 0.3) is 0 Å². The van der Waals surface area contributed by atoms with E-state index in [9.17, 15) is 0 Å². The normalized spacial score (nSPS) is 40.2. The van der Waals surface area contributed by atoms with Crippen LogP contribution in [-0.4, -0.2) is 23.3 Å². The van der Waals surface area contributed by atoms with Crippen LogP contribution in [0.25, 0.3) is 0 Å². The Hall–Kier alpha value is -0.0800. The summed E-state index contributed by atoms with van der Waals surface area (Å²) < 4.78 is 0. The van der Waals surface area contributed by atoms with E-state index in [0.29, 0.717) is 17.5 Å². The molecule has 0 aromatic rings. The van der Waals surface area contributed by atoms with Crippen LogP contribution in [0, 0.1) is 5.41 Å². The van der Waals surface area contributed by atoms with Crippen molar-refractivity contribution in [1.82, 2.24) is 5.32 Å². The Morgan fingerprint density at radius 3 is 2.42 bits per heavy atom. The van der Waals surface area contributed by atoms with Gasteiger partial charge in [0.1, 0.15) is 0 Å². The van der Waals surface area contributed by atoms with E-state index in [1.54, 1.807) is 0 Å². The lowest BCUT2D eigenvalue weighted by atomic mass is 9.87. The van der Waals surface area contributed by atoms with E-state index in [4.69, 9.17) is 5.11 Å². The van der Waals surface area contributed by atoms with E-state index < -0.39 is 0 Å². The minimum atomic E-state index is -0.0262. The predicted octanol–water partition coefficient (Wildman–Crippen LogP) is 1.29. The monoisotopic (exact) mass is 169 g/mol. The first-order valence-corrected chi connectivity index (χ1v) is 5.04. The second kappa shape index (κ2) is 2.71. The van der Waals surface area contributed by atoms with Crippen molar-refractivity contribution < 1.29 is 5.11 Å². The number of hydrogen-bond acceptors (Lipinski definition) is 2. The van der Waals surface area contributed by atoms with Gasteiger partial charge in [-0.1, -0.05) is 6.92 Å². The van der Waals surface area contributed by atoms with E-state index in [1.165, 1.54) is 12.8 Å². The van der Waals surface area contributed by atoms with Crippen molar-refractivity contribution in [3.63, 3.8) is 0 Å². The van der Waals surface area contributed by atoms with Gasteiger partial charge in [-0.15, -0.1) is 0 Å². The van der Waals surface area contributed by atoms with Gasteiger partial charge in [-0.2, -0.15) is 0 Å². The summed E-state index contributed by atoms with van der Waals surface area (Å²) >= 11 is 0. The largest absolute Gasteiger partial charge is 0.393 e. The molecular weight excluding hydrogens is 150 g/mol. The van der Waals surface area contributed by atoms with E-state index in [1.807, 2.05) is 0 Å². The lowest BCUT2D eigenvalue weighted by molar-refractivity contribution is 0.0546. The summed E-state index contributed by atoms with van der Waals surface area (Å²) in [4.78, 5) is 0. The zero-order chi connectivity index (χ0) is 8.77. The summed E-state index contributed by atoms with van der Waals surface area (Å²) in [7, 11) is 0. The Bertz CT molecular complexity index is 171. The first-order valence-electron chi connectivity index (χ1n) is 5.04. The molecule has 2 aliphatic rings. The molecule has 0 amide bonds. The molecule has 0 aromatic heterocycles. The van der Waals surface area contributed by atoms with Crippen LogP contribution in [0.1, 0.15) is 39.5 Å². The quantitative estimate of drug-likeness (QED) is 0.667. The van der Waals surface area contributed by atoms with Crippen molar-refractivity contribution >= 4 is 0 Å². The lowest BCUT2D eigenvalue weighted by Gasteiger charge is -2.36. The Balaban J connectivity index is 1.73. The molecule has 0 spiro atoms. The van der Waals surface area contributed by atoms with Crippen molar-refractivity contribution in [2.45, 2.75) is 57.7 Å². The third-order valence-corrected chi connectivity index (χ3v) is 3.68. The molecule has 2 heteroatoms. The van der Waals surface area contributed by atoms with Gasteiger partial charge in [0.15, 0.2) is 0 Å². The molecule has 0 saturated heterocycles. The van der Waals surface area contributed by atoms with Gasteiger partial charge in [0.05, 0.1) is 6.10 Å². The summed E-state index contributed by atoms with van der Waals surface area (Å²) in [6, 6.07) is 1.22. The predicted molar refractivity (Wildman–Crippen MR) is 49.0 cm³/mol. The molecule has 0 aromatic carbocycles. The summed E-state index contributed by atoms with van der Waals surface area (Å²) in [5.74, 6) is 0. The molecule has 0 aliphatic heterocycles. The molecule has 2 saturated carbocycles. The zero-order valence-electron chi connectivity index (χ0n) is 8.01. The number of aliphatic hydroxyl groups is 1. The average molecular weight is 169 g/mol. The van der Waals surface area contributed by atoms with Crippen LogP contribution in [-0.2, 0) is 0 Å². The molecule has 2 nitrogen and oxygen atoms in total. The molecule has 2 fully saturated rings. The number of nitrogens with one attached hydrogen (secondary N) is 1. The van der Waals surface area contributed by atoms with Crippen molar-refractivity contribution in [3.05, 3.63) is 0 Å². The molecule has 1 atom stereocenters. The van der Waals surface area contributed by atoms with E-state index >= 15 is 0 Å². The third-order valence-electron chi connectivity index (χ3n) is 3.68. The first-order chi connectivity index (χ1) is 5.60. The van der Waals surface area contributed by atoms with Crippen LogP contribution in [0.15, 0.2) is 0 Å². The highest BCUT2D eigenvalue weighted by atomic mass is 16.3. The molecule has 70 valence electrons. The SMILES string of the molecule is CC(NC1CC(O)C1)C1(C)CC1. The zero-order valence-corrected chi connectivity index (χ0v) is 8.01. The van der Waals surface area contributed by atoms with Gasteiger partial charge in [-0.3, -0.25) is 0 Å². The smallest absolute Gasteiger partial charge is 0.0570 e. The Labute approximate surface area is 74.4 Å². The van der Waals surface area contributed by atoms with Crippen LogP contribution < -0.4 is 5.32 Å². The average Bonchev–Trinajstić information content (AvgIpc) is 2.66. The van der Waals surface area contributed by atoms with Gasteiger partial charge in [0.2, 0.25) is 0 Å². The maximum Gasteiger partial charge on any atom is 0.0570 e. The standard InChI is InChI=1S/C10H19NO/c1-7(10(2)3-4-10)11-8-5-9(12)6-8/h7-9,11-12H,3-6H2,1-2H3. The number of hydrogen-bond donors (Lipinski definition) is 2. The molecule has 2 rings (SSSR count). The Kier molecular flexibility index (Phi) is 1.92. The Morgan fingerprint density at radius 2 is 2.00 bits per heavy atom. The third kappa shape index (κ3) is 1.50. The maximum absolute atomic E-state index is 9.11. The summed E-state index contributed by atoms with van der Waals surface area (Å²) in [6.45, 7) is 4.62. The first kappa shape index (κ1) is 8.52. The van der Waals surface area contributed by atoms with Crippen LogP contribution in [0.2, 0.25) is 0 Å². The topological polar surface area (TPSA) is 32.3 Å². The van der Waals surface area contributed by atoms with E-state index in [0.717, 1.165) is 12.8 Å². The molecule has 0 radical (unpaired) electrons. The summed E-state index contributed by atoms with van der Waals surface area (Å²) in [5.41, 5.74) is 0.570. The highest BCUT2D eigenvalue weighted by Crippen LogP contribution is 2.48. The van der Waals surface area contributed by atoms with Crippen LogP contribution in [0.5, 0.6) is 0 Å². The maximum atomic E-state index is 9.11. The summed E-state index contributed by atoms with van der Waals surface area (Å²) in [5, 5.41) is 12.7. The fourth-order valence-electron chi connectivity index (χ4n) is 1.91. The molecule has 2 N–H and O–H groups in total. The number of rotatable bonds is 3. The molecule has 0 bridgehead atoms. The second-order valence-electron chi connectivity index (χ2n) is 4.86. The van der Waals surface area contributed by atoms with E-state index in [2.05, 4.69) is 19.2 Å². The number of aliphatic hydroxyl groups excluding tert-OH is 1. The summed E-state index contributed by atoms with van der Waals surface area (Å²) in [6.07, 6.45) is 4.63. The minimum absolute atomic E-state index is 0.0262. The highest BCUT2D eigenvalue weighted by Gasteiger charge is 2.43. The van der Waals surface area contributed by atoms with Gasteiger partial charge >= 0.3 is 0 Å². The fourth-order valence-corrected chi connectivity index (χ4v) is 1.91. The van der Waals surface area contributed by atoms with Crippen molar-refractivity contribution in [3.8, 4) is 0 Å². The van der Waals surface area contributed by atoms with Gasteiger partial charge in [-0.05, 0) is 38.0 Å². The second-order valence-corrected chi connectivity index (χ2v) is 4.86. The van der Waals surface area contributed by atoms with Crippen molar-refractivity contribution in [1.29, 1.82) is 0 Å². The minimum Gasteiger partial charge on any atom is -0.393 e. The molecular formula is C10H19NO. The van der Waals surface area contributed by atoms with E-state index in [-0.39, 0.29) is 6.10 Å². The lowest BCUT2D eigenvalue weighted by Crippen LogP contribution is -2.49. The van der Waals surface area contributed by atoms with Gasteiger partial charge < -0.3 is 10.4 Å². The molecule has 2 aliphatic carbocycles. The van der Waals surface area contributed by atoms with Crippen LogP contribution in [0.3, 0.4) is 0 Å². The molecule has 1 unspecified atom stereocenters. The fraction of sp³-hybridized carbons (Fsp3) is 1.00. The van der Waals surface area contributed by atoms with Crippen molar-refractivity contribution in [2.75, 3.05) is 0 Å². The molecule has 0 heterocycles. The Morgan fingerprint density at radius 1 is 1.42 bits per heavy atom. The van der Waals surface area contributed by atoms with Crippen LogP contribution >= 0.6 is 0 Å².